The van der Waals surface area contributed by atoms with Crippen LogP contribution in [0.4, 0.5) is 0 Å². The molecule has 0 aliphatic carbocycles. The van der Waals surface area contributed by atoms with Crippen molar-refractivity contribution in [3.63, 3.8) is 0 Å². The summed E-state index contributed by atoms with van der Waals surface area (Å²) in [5.41, 5.74) is 3.91. The zero-order valence-corrected chi connectivity index (χ0v) is 9.71. The highest BCUT2D eigenvalue weighted by molar-refractivity contribution is 5.88. The van der Waals surface area contributed by atoms with Crippen molar-refractivity contribution in [2.75, 3.05) is 13.1 Å². The molecule has 86 valence electrons. The van der Waals surface area contributed by atoms with E-state index in [1.54, 1.807) is 6.07 Å². The van der Waals surface area contributed by atoms with Crippen LogP contribution in [0.3, 0.4) is 0 Å². The second kappa shape index (κ2) is 4.26. The Morgan fingerprint density at radius 1 is 1.44 bits per heavy atom. The van der Waals surface area contributed by atoms with Gasteiger partial charge in [0.2, 0.25) is 0 Å². The molecule has 1 unspecified atom stereocenters. The Morgan fingerprint density at radius 3 is 2.75 bits per heavy atom. The number of hydrogen-bond donors (Lipinski definition) is 2. The first kappa shape index (κ1) is 11.1. The molecule has 0 saturated carbocycles. The van der Waals surface area contributed by atoms with Gasteiger partial charge in [-0.25, -0.2) is 4.79 Å². The summed E-state index contributed by atoms with van der Waals surface area (Å²) in [7, 11) is 0. The zero-order valence-electron chi connectivity index (χ0n) is 9.71. The number of aromatic carboxylic acids is 1. The lowest BCUT2D eigenvalue weighted by molar-refractivity contribution is 0.0696. The molecule has 2 rings (SSSR count). The summed E-state index contributed by atoms with van der Waals surface area (Å²) in [4.78, 5) is 11.0. The van der Waals surface area contributed by atoms with Crippen LogP contribution >= 0.6 is 0 Å². The standard InChI is InChI=1S/C13H17NO2/c1-8-5-11(13(15)16)6-12(9(8)2)10-3-4-14-7-10/h5-6,10,14H,3-4,7H2,1-2H3,(H,15,16). The van der Waals surface area contributed by atoms with Crippen molar-refractivity contribution in [2.45, 2.75) is 26.2 Å². The van der Waals surface area contributed by atoms with Crippen molar-refractivity contribution in [2.24, 2.45) is 0 Å². The third-order valence-electron chi connectivity index (χ3n) is 3.45. The fourth-order valence-corrected chi connectivity index (χ4v) is 2.35. The summed E-state index contributed by atoms with van der Waals surface area (Å²) in [5, 5.41) is 12.4. The van der Waals surface area contributed by atoms with E-state index in [0.717, 1.165) is 25.1 Å². The quantitative estimate of drug-likeness (QED) is 0.800. The van der Waals surface area contributed by atoms with Crippen LogP contribution in [0.2, 0.25) is 0 Å². The van der Waals surface area contributed by atoms with Gasteiger partial charge >= 0.3 is 5.97 Å². The first-order chi connectivity index (χ1) is 7.59. The second-order valence-electron chi connectivity index (χ2n) is 4.50. The van der Waals surface area contributed by atoms with Gasteiger partial charge in [-0.15, -0.1) is 0 Å². The Morgan fingerprint density at radius 2 is 2.19 bits per heavy atom. The van der Waals surface area contributed by atoms with Gasteiger partial charge in [0.15, 0.2) is 0 Å². The average Bonchev–Trinajstić information content (AvgIpc) is 2.74. The van der Waals surface area contributed by atoms with E-state index < -0.39 is 5.97 Å². The molecule has 2 N–H and O–H groups in total. The number of rotatable bonds is 2. The number of nitrogens with one attached hydrogen (secondary N) is 1. The molecular weight excluding hydrogens is 202 g/mol. The first-order valence-electron chi connectivity index (χ1n) is 5.64. The maximum Gasteiger partial charge on any atom is 0.335 e. The summed E-state index contributed by atoms with van der Waals surface area (Å²) in [6.45, 7) is 6.05. The highest BCUT2D eigenvalue weighted by Gasteiger charge is 2.20. The van der Waals surface area contributed by atoms with E-state index in [2.05, 4.69) is 12.2 Å². The molecule has 1 aliphatic rings. The summed E-state index contributed by atoms with van der Waals surface area (Å²) in [5.74, 6) is -0.367. The summed E-state index contributed by atoms with van der Waals surface area (Å²) in [6.07, 6.45) is 1.10. The number of aryl methyl sites for hydroxylation is 1. The van der Waals surface area contributed by atoms with E-state index >= 15 is 0 Å². The van der Waals surface area contributed by atoms with Crippen molar-refractivity contribution in [3.05, 3.63) is 34.4 Å². The van der Waals surface area contributed by atoms with Crippen LogP contribution in [-0.4, -0.2) is 24.2 Å². The van der Waals surface area contributed by atoms with E-state index in [1.165, 1.54) is 11.1 Å². The van der Waals surface area contributed by atoms with E-state index in [1.807, 2.05) is 13.0 Å². The first-order valence-corrected chi connectivity index (χ1v) is 5.64. The molecule has 0 amide bonds. The fourth-order valence-electron chi connectivity index (χ4n) is 2.35. The van der Waals surface area contributed by atoms with Crippen molar-refractivity contribution >= 4 is 5.97 Å². The van der Waals surface area contributed by atoms with Crippen molar-refractivity contribution < 1.29 is 9.90 Å². The summed E-state index contributed by atoms with van der Waals surface area (Å²) in [6, 6.07) is 3.59. The largest absolute Gasteiger partial charge is 0.478 e. The number of carbonyl (C=O) groups is 1. The minimum absolute atomic E-state index is 0.407. The van der Waals surface area contributed by atoms with Gasteiger partial charge in [0.05, 0.1) is 5.56 Å². The molecule has 0 radical (unpaired) electrons. The molecule has 0 spiro atoms. The van der Waals surface area contributed by atoms with E-state index in [0.29, 0.717) is 11.5 Å². The van der Waals surface area contributed by atoms with Gasteiger partial charge in [0.25, 0.3) is 0 Å². The highest BCUT2D eigenvalue weighted by Crippen LogP contribution is 2.28. The van der Waals surface area contributed by atoms with Crippen LogP contribution in [0.25, 0.3) is 0 Å². The molecule has 3 nitrogen and oxygen atoms in total. The molecule has 1 aromatic rings. The number of carboxylic acids is 1. The maximum absolute atomic E-state index is 11.0. The van der Waals surface area contributed by atoms with Crippen molar-refractivity contribution in [3.8, 4) is 0 Å². The Hall–Kier alpha value is -1.35. The molecule has 16 heavy (non-hydrogen) atoms. The number of carboxylic acid groups (broad SMARTS) is 1. The molecule has 0 aromatic heterocycles. The highest BCUT2D eigenvalue weighted by atomic mass is 16.4. The van der Waals surface area contributed by atoms with Crippen LogP contribution in [0.1, 0.15) is 39.4 Å². The van der Waals surface area contributed by atoms with Crippen molar-refractivity contribution in [1.82, 2.24) is 5.32 Å². The van der Waals surface area contributed by atoms with Crippen LogP contribution in [0.15, 0.2) is 12.1 Å². The Balaban J connectivity index is 2.45. The van der Waals surface area contributed by atoms with Crippen LogP contribution < -0.4 is 5.32 Å². The molecule has 1 fully saturated rings. The van der Waals surface area contributed by atoms with Gasteiger partial charge in [0, 0.05) is 6.54 Å². The third-order valence-corrected chi connectivity index (χ3v) is 3.45. The lowest BCUT2D eigenvalue weighted by Gasteiger charge is -2.15. The predicted molar refractivity (Wildman–Crippen MR) is 63.1 cm³/mol. The second-order valence-corrected chi connectivity index (χ2v) is 4.50. The van der Waals surface area contributed by atoms with Gasteiger partial charge in [-0.1, -0.05) is 0 Å². The van der Waals surface area contributed by atoms with Gasteiger partial charge in [-0.3, -0.25) is 0 Å². The number of benzene rings is 1. The Bertz CT molecular complexity index is 420. The minimum atomic E-state index is -0.838. The minimum Gasteiger partial charge on any atom is -0.478 e. The molecular formula is C13H17NO2. The van der Waals surface area contributed by atoms with Gasteiger partial charge < -0.3 is 10.4 Å². The molecule has 0 bridgehead atoms. The fraction of sp³-hybridized carbons (Fsp3) is 0.462. The molecule has 1 atom stereocenters. The average molecular weight is 219 g/mol. The molecule has 1 aromatic carbocycles. The van der Waals surface area contributed by atoms with Gasteiger partial charge in [-0.2, -0.15) is 0 Å². The SMILES string of the molecule is Cc1cc(C(=O)O)cc(C2CCNC2)c1C. The monoisotopic (exact) mass is 219 g/mol. The van der Waals surface area contributed by atoms with E-state index in [9.17, 15) is 4.79 Å². The smallest absolute Gasteiger partial charge is 0.335 e. The molecule has 3 heteroatoms. The zero-order chi connectivity index (χ0) is 11.7. The summed E-state index contributed by atoms with van der Waals surface area (Å²) >= 11 is 0. The third kappa shape index (κ3) is 1.95. The normalized spacial score (nSPS) is 20.0. The Labute approximate surface area is 95.5 Å². The van der Waals surface area contributed by atoms with E-state index in [-0.39, 0.29) is 0 Å². The lowest BCUT2D eigenvalue weighted by Crippen LogP contribution is -2.10. The van der Waals surface area contributed by atoms with Crippen LogP contribution in [0, 0.1) is 13.8 Å². The maximum atomic E-state index is 11.0. The van der Waals surface area contributed by atoms with Gasteiger partial charge in [0.1, 0.15) is 0 Å². The predicted octanol–water partition coefficient (Wildman–Crippen LogP) is 2.08. The van der Waals surface area contributed by atoms with Crippen molar-refractivity contribution in [1.29, 1.82) is 0 Å². The van der Waals surface area contributed by atoms with Gasteiger partial charge in [-0.05, 0) is 61.6 Å². The van der Waals surface area contributed by atoms with Crippen LogP contribution in [-0.2, 0) is 0 Å². The van der Waals surface area contributed by atoms with E-state index in [4.69, 9.17) is 5.11 Å². The molecule has 1 saturated heterocycles. The molecule has 1 heterocycles. The number of hydrogen-bond acceptors (Lipinski definition) is 2. The molecule has 1 aliphatic heterocycles. The topological polar surface area (TPSA) is 49.3 Å². The lowest BCUT2D eigenvalue weighted by atomic mass is 9.90. The Kier molecular flexibility index (Phi) is 2.97. The summed E-state index contributed by atoms with van der Waals surface area (Å²) < 4.78 is 0. The van der Waals surface area contributed by atoms with Crippen LogP contribution in [0.5, 0.6) is 0 Å².